The second kappa shape index (κ2) is 23.6. The minimum atomic E-state index is -0.426. The highest BCUT2D eigenvalue weighted by molar-refractivity contribution is 8.01. The predicted octanol–water partition coefficient (Wildman–Crippen LogP) is -0.487. The van der Waals surface area contributed by atoms with Crippen LogP contribution < -0.4 is 16.0 Å². The van der Waals surface area contributed by atoms with Crippen LogP contribution in [0.5, 0.6) is 0 Å². The van der Waals surface area contributed by atoms with E-state index in [4.69, 9.17) is 18.9 Å². The molecule has 13 nitrogen and oxygen atoms in total. The first-order valence-corrected chi connectivity index (χ1v) is 14.8. The summed E-state index contributed by atoms with van der Waals surface area (Å²) in [6, 6.07) is 0. The van der Waals surface area contributed by atoms with Crippen molar-refractivity contribution in [2.24, 2.45) is 0 Å². The molecule has 2 atom stereocenters. The normalized spacial score (nSPS) is 15.8. The van der Waals surface area contributed by atoms with Crippen molar-refractivity contribution >= 4 is 41.7 Å². The fourth-order valence-corrected chi connectivity index (χ4v) is 4.65. The molecular weight excluding hydrogens is 544 g/mol. The summed E-state index contributed by atoms with van der Waals surface area (Å²) in [5.74, 6) is -0.854. The van der Waals surface area contributed by atoms with E-state index in [1.54, 1.807) is 11.8 Å². The number of carbonyl (C=O) groups excluding carboxylic acids is 5. The van der Waals surface area contributed by atoms with Crippen LogP contribution in [0.3, 0.4) is 0 Å². The Labute approximate surface area is 241 Å². The highest BCUT2D eigenvalue weighted by Crippen LogP contribution is 2.29. The minimum Gasteiger partial charge on any atom is -0.379 e. The summed E-state index contributed by atoms with van der Waals surface area (Å²) in [5, 5.41) is 8.16. The van der Waals surface area contributed by atoms with Crippen LogP contribution in [-0.4, -0.2) is 131 Å². The van der Waals surface area contributed by atoms with E-state index in [0.29, 0.717) is 90.3 Å². The van der Waals surface area contributed by atoms with Crippen LogP contribution in [0.2, 0.25) is 0 Å². The molecule has 1 rings (SSSR count). The number of nitrogens with one attached hydrogen (secondary N) is 3. The molecule has 2 unspecified atom stereocenters. The third-order valence-corrected chi connectivity index (χ3v) is 7.25. The minimum absolute atomic E-state index is 0.0481. The van der Waals surface area contributed by atoms with Gasteiger partial charge in [-0.25, -0.2) is 0 Å². The van der Waals surface area contributed by atoms with Crippen molar-refractivity contribution in [1.82, 2.24) is 20.9 Å². The lowest BCUT2D eigenvalue weighted by Crippen LogP contribution is -2.37. The van der Waals surface area contributed by atoms with Crippen molar-refractivity contribution in [3.05, 3.63) is 0 Å². The van der Waals surface area contributed by atoms with Gasteiger partial charge in [-0.2, -0.15) is 0 Å². The molecule has 14 heteroatoms. The maximum Gasteiger partial charge on any atom is 0.242 e. The SMILES string of the molecule is CCC(C)SC1CC(=O)N(CCCNCCOCCOCCOCCOCCC(=O)NCC(=O)NCC=O)C1=O. The summed E-state index contributed by atoms with van der Waals surface area (Å²) in [6.07, 6.45) is 2.70. The van der Waals surface area contributed by atoms with Gasteiger partial charge in [0.15, 0.2) is 0 Å². The lowest BCUT2D eigenvalue weighted by molar-refractivity contribution is -0.138. The molecule has 0 aromatic heterocycles. The maximum atomic E-state index is 12.4. The largest absolute Gasteiger partial charge is 0.379 e. The summed E-state index contributed by atoms with van der Waals surface area (Å²) in [6.45, 7) is 8.98. The molecule has 230 valence electrons. The molecule has 0 bridgehead atoms. The second-order valence-electron chi connectivity index (χ2n) is 8.98. The van der Waals surface area contributed by atoms with Crippen molar-refractivity contribution in [3.8, 4) is 0 Å². The van der Waals surface area contributed by atoms with Gasteiger partial charge in [0.2, 0.25) is 23.6 Å². The Morgan fingerprint density at radius 3 is 2.20 bits per heavy atom. The Morgan fingerprint density at radius 2 is 1.57 bits per heavy atom. The summed E-state index contributed by atoms with van der Waals surface area (Å²) in [4.78, 5) is 58.9. The standard InChI is InChI=1S/C26H46N4O9S/c1-3-21(2)40-22-19-25(34)30(26(22)35)9-4-6-27-8-12-37-14-16-39-18-17-38-15-13-36-11-5-23(32)29-20-24(33)28-7-10-31/h10,21-22,27H,3-9,11-20H2,1-2H3,(H,28,33)(H,29,32). The van der Waals surface area contributed by atoms with Crippen LogP contribution in [0, 0.1) is 0 Å². The number of likely N-dealkylation sites (tertiary alicyclic amines) is 1. The average molecular weight is 591 g/mol. The number of aldehydes is 1. The van der Waals surface area contributed by atoms with E-state index in [1.807, 2.05) is 0 Å². The Morgan fingerprint density at radius 1 is 0.950 bits per heavy atom. The molecule has 1 heterocycles. The summed E-state index contributed by atoms with van der Waals surface area (Å²) < 4.78 is 21.6. The molecule has 40 heavy (non-hydrogen) atoms. The number of rotatable bonds is 26. The number of amides is 4. The molecule has 0 aliphatic carbocycles. The number of carbonyl (C=O) groups is 5. The van der Waals surface area contributed by atoms with Gasteiger partial charge in [0.05, 0.1) is 71.2 Å². The lowest BCUT2D eigenvalue weighted by atomic mass is 10.3. The topological polar surface area (TPSA) is 162 Å². The Balaban J connectivity index is 1.82. The van der Waals surface area contributed by atoms with Crippen molar-refractivity contribution in [1.29, 1.82) is 0 Å². The molecule has 4 amide bonds. The second-order valence-corrected chi connectivity index (χ2v) is 10.6. The monoisotopic (exact) mass is 590 g/mol. The van der Waals surface area contributed by atoms with Crippen LogP contribution >= 0.6 is 11.8 Å². The molecule has 0 radical (unpaired) electrons. The predicted molar refractivity (Wildman–Crippen MR) is 150 cm³/mol. The Kier molecular flexibility index (Phi) is 21.2. The molecule has 0 aromatic carbocycles. The third-order valence-electron chi connectivity index (χ3n) is 5.75. The van der Waals surface area contributed by atoms with Gasteiger partial charge in [-0.3, -0.25) is 24.1 Å². The van der Waals surface area contributed by atoms with E-state index in [-0.39, 0.29) is 49.1 Å². The quantitative estimate of drug-likeness (QED) is 0.0677. The highest BCUT2D eigenvalue weighted by atomic mass is 32.2. The lowest BCUT2D eigenvalue weighted by Gasteiger charge is -2.16. The van der Waals surface area contributed by atoms with Crippen LogP contribution in [-0.2, 0) is 42.9 Å². The van der Waals surface area contributed by atoms with Crippen molar-refractivity contribution in [2.75, 3.05) is 85.6 Å². The van der Waals surface area contributed by atoms with Crippen LogP contribution in [0.25, 0.3) is 0 Å². The first-order valence-electron chi connectivity index (χ1n) is 13.9. The molecule has 0 aromatic rings. The van der Waals surface area contributed by atoms with Crippen molar-refractivity contribution in [2.45, 2.75) is 50.0 Å². The first-order chi connectivity index (χ1) is 19.4. The van der Waals surface area contributed by atoms with Gasteiger partial charge in [-0.15, -0.1) is 11.8 Å². The number of hydrogen-bond acceptors (Lipinski definition) is 11. The summed E-state index contributed by atoms with van der Waals surface area (Å²) in [5.41, 5.74) is 0. The molecule has 0 saturated carbocycles. The third kappa shape index (κ3) is 17.6. The van der Waals surface area contributed by atoms with Gasteiger partial charge in [0, 0.05) is 31.2 Å². The van der Waals surface area contributed by atoms with E-state index in [9.17, 15) is 24.0 Å². The van der Waals surface area contributed by atoms with Gasteiger partial charge in [-0.05, 0) is 19.4 Å². The molecule has 0 spiro atoms. The smallest absolute Gasteiger partial charge is 0.242 e. The van der Waals surface area contributed by atoms with Crippen molar-refractivity contribution in [3.63, 3.8) is 0 Å². The molecular formula is C26H46N4O9S. The number of nitrogens with zero attached hydrogens (tertiary/aromatic N) is 1. The number of imide groups is 1. The number of ether oxygens (including phenoxy) is 4. The van der Waals surface area contributed by atoms with Crippen molar-refractivity contribution < 1.29 is 42.9 Å². The summed E-state index contributed by atoms with van der Waals surface area (Å²) >= 11 is 1.60. The zero-order valence-corrected chi connectivity index (χ0v) is 24.6. The zero-order chi connectivity index (χ0) is 29.4. The van der Waals surface area contributed by atoms with E-state index < -0.39 is 5.91 Å². The Hall–Kier alpha value is -2.10. The first kappa shape index (κ1) is 35.9. The number of thioether (sulfide) groups is 1. The van der Waals surface area contributed by atoms with Gasteiger partial charge in [0.1, 0.15) is 6.29 Å². The molecule has 1 aliphatic heterocycles. The fraction of sp³-hybridized carbons (Fsp3) is 0.808. The molecule has 1 aliphatic rings. The van der Waals surface area contributed by atoms with Gasteiger partial charge in [-0.1, -0.05) is 13.8 Å². The van der Waals surface area contributed by atoms with E-state index in [2.05, 4.69) is 29.8 Å². The van der Waals surface area contributed by atoms with E-state index in [0.717, 1.165) is 6.42 Å². The molecule has 1 fully saturated rings. The summed E-state index contributed by atoms with van der Waals surface area (Å²) in [7, 11) is 0. The van der Waals surface area contributed by atoms with Crippen LogP contribution in [0.4, 0.5) is 0 Å². The van der Waals surface area contributed by atoms with E-state index >= 15 is 0 Å². The van der Waals surface area contributed by atoms with Gasteiger partial charge in [0.25, 0.3) is 0 Å². The molecule has 3 N–H and O–H groups in total. The maximum absolute atomic E-state index is 12.4. The van der Waals surface area contributed by atoms with Gasteiger partial charge < -0.3 is 39.7 Å². The van der Waals surface area contributed by atoms with Crippen LogP contribution in [0.1, 0.15) is 39.5 Å². The zero-order valence-electron chi connectivity index (χ0n) is 23.8. The molecule has 1 saturated heterocycles. The van der Waals surface area contributed by atoms with E-state index in [1.165, 1.54) is 4.90 Å². The fourth-order valence-electron chi connectivity index (χ4n) is 3.41. The van der Waals surface area contributed by atoms with Crippen LogP contribution in [0.15, 0.2) is 0 Å². The van der Waals surface area contributed by atoms with Gasteiger partial charge >= 0.3 is 0 Å². The highest BCUT2D eigenvalue weighted by Gasteiger charge is 2.38. The Bertz CT molecular complexity index is 760. The average Bonchev–Trinajstić information content (AvgIpc) is 3.21. The number of hydrogen-bond donors (Lipinski definition) is 3.